The van der Waals surface area contributed by atoms with Gasteiger partial charge in [-0.1, -0.05) is 31.9 Å². The van der Waals surface area contributed by atoms with Crippen LogP contribution < -0.4 is 16.4 Å². The van der Waals surface area contributed by atoms with Crippen molar-refractivity contribution >= 4 is 90.4 Å². The second-order valence-electron chi connectivity index (χ2n) is 4.96. The first-order valence-electron chi connectivity index (χ1n) is 8.69. The molecular formula is C18H20Br2N6O4S2. The van der Waals surface area contributed by atoms with E-state index in [0.29, 0.717) is 24.8 Å². The molecular weight excluding hydrogens is 588 g/mol. The molecule has 2 amide bonds. The molecule has 32 heavy (non-hydrogen) atoms. The van der Waals surface area contributed by atoms with Crippen LogP contribution in [-0.4, -0.2) is 45.6 Å². The Kier molecular flexibility index (Phi) is 16.7. The number of thiocarbonyl (C=S) groups is 2. The molecule has 2 aromatic heterocycles. The number of halogens is 2. The molecule has 2 heterocycles. The van der Waals surface area contributed by atoms with Crippen LogP contribution in [0.5, 0.6) is 0 Å². The zero-order valence-corrected chi connectivity index (χ0v) is 21.8. The summed E-state index contributed by atoms with van der Waals surface area (Å²) in [5, 5.41) is 7.13. The number of nitrogens with two attached hydrogens (primary N) is 1. The largest absolute Gasteiger partial charge is 0.450 e. The maximum Gasteiger partial charge on any atom is 0.442 e. The fourth-order valence-corrected chi connectivity index (χ4v) is 2.45. The molecule has 0 atom stereocenters. The highest BCUT2D eigenvalue weighted by Crippen LogP contribution is 2.12. The van der Waals surface area contributed by atoms with Gasteiger partial charge in [-0.25, -0.2) is 19.6 Å². The lowest BCUT2D eigenvalue weighted by molar-refractivity contribution is 0.158. The number of hydrogen-bond acceptors (Lipinski definition) is 9. The highest BCUT2D eigenvalue weighted by molar-refractivity contribution is 9.10. The van der Waals surface area contributed by atoms with Crippen molar-refractivity contribution in [3.8, 4) is 0 Å². The molecule has 0 saturated carbocycles. The van der Waals surface area contributed by atoms with Crippen LogP contribution in [0, 0.1) is 0 Å². The first-order chi connectivity index (χ1) is 15.2. The van der Waals surface area contributed by atoms with Gasteiger partial charge in [0, 0.05) is 21.3 Å². The minimum Gasteiger partial charge on any atom is -0.450 e. The van der Waals surface area contributed by atoms with Crippen LogP contribution >= 0.6 is 56.3 Å². The number of hydrogen-bond donors (Lipinski definition) is 3. The monoisotopic (exact) mass is 606 g/mol. The van der Waals surface area contributed by atoms with Crippen molar-refractivity contribution in [2.75, 3.05) is 24.3 Å². The van der Waals surface area contributed by atoms with Gasteiger partial charge in [0.05, 0.1) is 18.4 Å². The number of anilines is 2. The average molecular weight is 608 g/mol. The maximum atomic E-state index is 11.0. The molecule has 2 rings (SSSR count). The number of ether oxygens (including phenoxy) is 2. The summed E-state index contributed by atoms with van der Waals surface area (Å²) in [6.45, 7) is 4.02. The molecule has 0 saturated heterocycles. The van der Waals surface area contributed by atoms with E-state index in [-0.39, 0.29) is 5.11 Å². The Hall–Kier alpha value is -2.51. The predicted molar refractivity (Wildman–Crippen MR) is 137 cm³/mol. The van der Waals surface area contributed by atoms with Crippen LogP contribution in [0.2, 0.25) is 0 Å². The fraction of sp³-hybridized carbons (Fsp3) is 0.222. The number of rotatable bonds is 3. The topological polar surface area (TPSA) is 141 Å². The van der Waals surface area contributed by atoms with Crippen molar-refractivity contribution in [2.45, 2.75) is 13.8 Å². The third kappa shape index (κ3) is 16.2. The number of aromatic nitrogens is 2. The van der Waals surface area contributed by atoms with Crippen molar-refractivity contribution in [3.05, 3.63) is 45.6 Å². The SMILES string of the molecule is CCOC(=O)N=C=S.CCOC(=O)NC(=S)Nc1cc(Br)ccn1.Nc1cc(Br)ccn1. The quantitative estimate of drug-likeness (QED) is 0.324. The summed E-state index contributed by atoms with van der Waals surface area (Å²) in [5.41, 5.74) is 5.32. The lowest BCUT2D eigenvalue weighted by Gasteiger charge is -2.08. The van der Waals surface area contributed by atoms with Gasteiger partial charge in [0.2, 0.25) is 0 Å². The number of carbonyl (C=O) groups is 2. The van der Waals surface area contributed by atoms with Crippen molar-refractivity contribution in [3.63, 3.8) is 0 Å². The van der Waals surface area contributed by atoms with Crippen LogP contribution in [0.15, 0.2) is 50.6 Å². The highest BCUT2D eigenvalue weighted by atomic mass is 79.9. The number of nitrogens with one attached hydrogen (secondary N) is 2. The van der Waals surface area contributed by atoms with Gasteiger partial charge >= 0.3 is 12.2 Å². The number of carbonyl (C=O) groups excluding carboxylic acids is 2. The molecule has 172 valence electrons. The Morgan fingerprint density at radius 2 is 1.72 bits per heavy atom. The molecule has 4 N–H and O–H groups in total. The Morgan fingerprint density at radius 1 is 1.12 bits per heavy atom. The second kappa shape index (κ2) is 18.1. The summed E-state index contributed by atoms with van der Waals surface area (Å²) in [5.74, 6) is 1.08. The molecule has 2 aromatic rings. The molecule has 0 radical (unpaired) electrons. The molecule has 0 aliphatic carbocycles. The molecule has 0 fully saturated rings. The average Bonchev–Trinajstić information content (AvgIpc) is 2.69. The van der Waals surface area contributed by atoms with Gasteiger partial charge in [-0.15, -0.1) is 4.99 Å². The van der Waals surface area contributed by atoms with Crippen LogP contribution in [0.4, 0.5) is 21.2 Å². The molecule has 0 aromatic carbocycles. The number of nitrogens with zero attached hydrogens (tertiary/aromatic N) is 3. The third-order valence-corrected chi connectivity index (χ3v) is 3.88. The smallest absolute Gasteiger partial charge is 0.442 e. The Bertz CT molecular complexity index is 928. The molecule has 14 heteroatoms. The molecule has 10 nitrogen and oxygen atoms in total. The van der Waals surface area contributed by atoms with Gasteiger partial charge in [-0.2, -0.15) is 0 Å². The summed E-state index contributed by atoms with van der Waals surface area (Å²) < 4.78 is 10.8. The minimum absolute atomic E-state index is 0.143. The van der Waals surface area contributed by atoms with Crippen molar-refractivity contribution in [1.29, 1.82) is 0 Å². The summed E-state index contributed by atoms with van der Waals surface area (Å²) in [7, 11) is 0. The fourth-order valence-electron chi connectivity index (χ4n) is 1.49. The number of aliphatic imine (C=N–C) groups is 1. The van der Waals surface area contributed by atoms with Crippen molar-refractivity contribution < 1.29 is 19.1 Å². The second-order valence-corrected chi connectivity index (χ2v) is 7.38. The lowest BCUT2D eigenvalue weighted by Crippen LogP contribution is -2.34. The highest BCUT2D eigenvalue weighted by Gasteiger charge is 2.05. The predicted octanol–water partition coefficient (Wildman–Crippen LogP) is 4.96. The summed E-state index contributed by atoms with van der Waals surface area (Å²) in [6.07, 6.45) is 2.00. The van der Waals surface area contributed by atoms with Gasteiger partial charge in [0.25, 0.3) is 0 Å². The van der Waals surface area contributed by atoms with Gasteiger partial charge in [0.15, 0.2) is 5.11 Å². The van der Waals surface area contributed by atoms with E-state index in [4.69, 9.17) is 18.0 Å². The Morgan fingerprint density at radius 3 is 2.19 bits per heavy atom. The molecule has 0 bridgehead atoms. The third-order valence-electron chi connectivity index (χ3n) is 2.60. The molecule has 0 aliphatic heterocycles. The van der Waals surface area contributed by atoms with Crippen molar-refractivity contribution in [2.24, 2.45) is 4.99 Å². The maximum absolute atomic E-state index is 11.0. The number of alkyl carbamates (subject to hydrolysis) is 1. The number of nitrogen functional groups attached to an aromatic ring is 1. The van der Waals surface area contributed by atoms with Crippen LogP contribution in [0.25, 0.3) is 0 Å². The normalized spacial score (nSPS) is 8.75. The van der Waals surface area contributed by atoms with Crippen LogP contribution in [0.1, 0.15) is 13.8 Å². The van der Waals surface area contributed by atoms with E-state index in [0.717, 1.165) is 8.95 Å². The first-order valence-corrected chi connectivity index (χ1v) is 11.1. The van der Waals surface area contributed by atoms with E-state index in [1.54, 1.807) is 44.4 Å². The zero-order chi connectivity index (χ0) is 24.4. The number of isothiocyanates is 1. The molecule has 0 unspecified atom stereocenters. The lowest BCUT2D eigenvalue weighted by atomic mass is 10.5. The molecule has 0 spiro atoms. The Balaban J connectivity index is 0.000000504. The van der Waals surface area contributed by atoms with E-state index in [9.17, 15) is 9.59 Å². The number of pyridine rings is 2. The minimum atomic E-state index is -0.678. The van der Waals surface area contributed by atoms with Gasteiger partial charge in [-0.3, -0.25) is 5.32 Å². The Labute approximate surface area is 212 Å². The van der Waals surface area contributed by atoms with E-state index in [2.05, 4.69) is 79.1 Å². The van der Waals surface area contributed by atoms with Gasteiger partial charge in [0.1, 0.15) is 11.6 Å². The summed E-state index contributed by atoms with van der Waals surface area (Å²) in [6, 6.07) is 7.10. The van der Waals surface area contributed by atoms with Crippen LogP contribution in [0.3, 0.4) is 0 Å². The molecule has 0 aliphatic rings. The summed E-state index contributed by atoms with van der Waals surface area (Å²) >= 11 is 15.6. The van der Waals surface area contributed by atoms with E-state index in [1.807, 2.05) is 11.2 Å². The summed E-state index contributed by atoms with van der Waals surface area (Å²) in [4.78, 5) is 32.0. The van der Waals surface area contributed by atoms with Gasteiger partial charge in [-0.05, 0) is 62.5 Å². The van der Waals surface area contributed by atoms with Gasteiger partial charge < -0.3 is 20.5 Å². The zero-order valence-electron chi connectivity index (χ0n) is 17.0. The van der Waals surface area contributed by atoms with Crippen LogP contribution in [-0.2, 0) is 9.47 Å². The van der Waals surface area contributed by atoms with E-state index < -0.39 is 12.2 Å². The van der Waals surface area contributed by atoms with E-state index in [1.165, 1.54) is 0 Å². The van der Waals surface area contributed by atoms with Crippen molar-refractivity contribution in [1.82, 2.24) is 15.3 Å². The first kappa shape index (κ1) is 29.5. The standard InChI is InChI=1S/C9H10BrN3O2S.C5H5BrN2.C4H5NO2S/c1-2-15-9(14)13-8(16)12-7-5-6(10)3-4-11-7;6-4-1-2-8-5(7)3-4;1-2-7-4(6)5-3-8/h3-5H,2H2,1H3,(H2,11,12,13,14,16);1-3H,(H2,7,8);2H2,1H3. The van der Waals surface area contributed by atoms with E-state index >= 15 is 0 Å². The number of amides is 2.